The van der Waals surface area contributed by atoms with Crippen molar-refractivity contribution < 1.29 is 90.8 Å². The Morgan fingerprint density at radius 3 is 1.32 bits per heavy atom. The van der Waals surface area contributed by atoms with Crippen LogP contribution in [0.5, 0.6) is 86.2 Å². The van der Waals surface area contributed by atoms with E-state index < -0.39 is 101 Å². The average Bonchev–Trinajstić information content (AvgIpc) is 3.21. The molecule has 63 heavy (non-hydrogen) atoms. The predicted molar refractivity (Wildman–Crippen MR) is 216 cm³/mol. The van der Waals surface area contributed by atoms with Crippen LogP contribution < -0.4 is 14.2 Å². The second kappa shape index (κ2) is 14.7. The van der Waals surface area contributed by atoms with Crippen molar-refractivity contribution in [1.29, 1.82) is 0 Å². The molecule has 0 bridgehead atoms. The van der Waals surface area contributed by atoms with E-state index in [2.05, 4.69) is 0 Å². The molecule has 0 aromatic heterocycles. The lowest BCUT2D eigenvalue weighted by molar-refractivity contribution is 0.0186. The van der Waals surface area contributed by atoms with Crippen molar-refractivity contribution in [1.82, 2.24) is 0 Å². The lowest BCUT2D eigenvalue weighted by Crippen LogP contribution is -2.32. The third kappa shape index (κ3) is 6.63. The Morgan fingerprint density at radius 2 is 0.794 bits per heavy atom. The van der Waals surface area contributed by atoms with E-state index in [0.29, 0.717) is 0 Å². The first-order chi connectivity index (χ1) is 29.9. The first-order valence-corrected chi connectivity index (χ1v) is 19.3. The zero-order valence-corrected chi connectivity index (χ0v) is 32.4. The molecule has 0 unspecified atom stereocenters. The van der Waals surface area contributed by atoms with E-state index >= 15 is 0 Å². The zero-order valence-electron chi connectivity index (χ0n) is 32.4. The van der Waals surface area contributed by atoms with E-state index in [1.54, 1.807) is 0 Å². The Morgan fingerprint density at radius 1 is 0.365 bits per heavy atom. The minimum atomic E-state index is -1.61. The monoisotopic (exact) mass is 866 g/mol. The molecule has 0 fully saturated rings. The summed E-state index contributed by atoms with van der Waals surface area (Å²) in [7, 11) is 0. The van der Waals surface area contributed by atoms with Gasteiger partial charge in [-0.1, -0.05) is 6.07 Å². The largest absolute Gasteiger partial charge is 0.508 e. The van der Waals surface area contributed by atoms with Gasteiger partial charge in [-0.15, -0.1) is 0 Å². The molecule has 15 N–H and O–H groups in total. The normalized spacial score (nSPS) is 21.3. The summed E-state index contributed by atoms with van der Waals surface area (Å²) in [6.45, 7) is 0. The smallest absolute Gasteiger partial charge is 0.158 e. The molecule has 3 aliphatic heterocycles. The number of benzene rings is 6. The summed E-state index contributed by atoms with van der Waals surface area (Å²) in [5.41, 5.74) is -0.648. The molecule has 0 saturated carbocycles. The molecule has 9 rings (SSSR count). The number of phenols is 12. The van der Waals surface area contributed by atoms with Gasteiger partial charge in [-0.25, -0.2) is 0 Å². The van der Waals surface area contributed by atoms with Crippen LogP contribution >= 0.6 is 0 Å². The maximum atomic E-state index is 11.8. The summed E-state index contributed by atoms with van der Waals surface area (Å²) in [4.78, 5) is 0. The fraction of sp³-hybridized carbons (Fsp3) is 0.200. The second-order valence-corrected chi connectivity index (χ2v) is 15.7. The van der Waals surface area contributed by atoms with Crippen LogP contribution in [0.25, 0.3) is 22.3 Å². The van der Waals surface area contributed by atoms with Crippen molar-refractivity contribution in [2.75, 3.05) is 0 Å². The van der Waals surface area contributed by atoms with E-state index in [4.69, 9.17) is 14.2 Å². The number of aliphatic hydroxyl groups is 3. The van der Waals surface area contributed by atoms with E-state index in [1.165, 1.54) is 18.2 Å². The van der Waals surface area contributed by atoms with Crippen molar-refractivity contribution in [3.63, 3.8) is 0 Å². The Bertz CT molecular complexity index is 2870. The van der Waals surface area contributed by atoms with Gasteiger partial charge >= 0.3 is 0 Å². The van der Waals surface area contributed by atoms with Gasteiger partial charge in [0, 0.05) is 82.5 Å². The number of aliphatic hydroxyl groups excluding tert-OH is 3. The number of hydrogen-bond acceptors (Lipinski definition) is 18. The van der Waals surface area contributed by atoms with Gasteiger partial charge in [0.25, 0.3) is 0 Å². The van der Waals surface area contributed by atoms with Gasteiger partial charge < -0.3 is 90.8 Å². The molecule has 18 nitrogen and oxygen atoms in total. The van der Waals surface area contributed by atoms with Crippen LogP contribution in [0.3, 0.4) is 0 Å². The minimum Gasteiger partial charge on any atom is -0.508 e. The van der Waals surface area contributed by atoms with Gasteiger partial charge in [0.15, 0.2) is 46.7 Å². The number of ether oxygens (including phenoxy) is 3. The minimum absolute atomic E-state index is 0.000451. The molecule has 6 aromatic rings. The van der Waals surface area contributed by atoms with E-state index in [0.717, 1.165) is 48.5 Å². The molecule has 0 aliphatic carbocycles. The Hall–Kier alpha value is -7.80. The highest BCUT2D eigenvalue weighted by atomic mass is 16.5. The zero-order chi connectivity index (χ0) is 44.9. The van der Waals surface area contributed by atoms with Crippen molar-refractivity contribution in [3.8, 4) is 108 Å². The fourth-order valence-corrected chi connectivity index (χ4v) is 8.66. The van der Waals surface area contributed by atoms with Gasteiger partial charge in [0.1, 0.15) is 57.8 Å². The second-order valence-electron chi connectivity index (χ2n) is 15.7. The summed E-state index contributed by atoms with van der Waals surface area (Å²) in [6.07, 6.45) is -9.53. The lowest BCUT2D eigenvalue weighted by atomic mass is 9.84. The summed E-state index contributed by atoms with van der Waals surface area (Å²) in [5, 5.41) is 164. The SMILES string of the molecule is Oc1cc(O)c2c(c1)O[C@H](c1cc(O)c(O)cc1-c1c(O)cc(O)c3c1O[C@H](c1cc(O)c(O)cc1-c1c(O)cc(O)c4c1O[C@H](c1ccc(O)c(O)c1)[C@H](O)C4)[C@H](O)C3)[C@H](O)C2. The number of fused-ring (bicyclic) bond motifs is 3. The molecular formula is C45H38O18. The van der Waals surface area contributed by atoms with Crippen molar-refractivity contribution in [2.45, 2.75) is 55.9 Å². The van der Waals surface area contributed by atoms with Crippen LogP contribution in [0.4, 0.5) is 0 Å². The topological polar surface area (TPSA) is 331 Å². The standard InChI is InChI=1S/C45H38O18/c46-16-4-25(48)21-10-36(59)42(61-38(21)5-16)19-8-31(54)29(52)6-17(19)40-34(57)14-27(50)23-12-37(60)43(63-45(23)40)20-9-32(55)30(53)7-18(20)39-33(56)13-26(49)22-11-35(58)41(62-44(22)39)15-1-2-24(47)28(51)3-15/h1-9,13-14,35-37,41-43,46-60H,10-12H2/t35-,36-,37-,41-,42-,43-/m1/s1. The molecule has 6 aromatic carbocycles. The first-order valence-electron chi connectivity index (χ1n) is 19.3. The number of phenolic OH excluding ortho intramolecular Hbond substituents is 12. The molecular weight excluding hydrogens is 828 g/mol. The summed E-state index contributed by atoms with van der Waals surface area (Å²) in [5.74, 6) is -7.39. The van der Waals surface area contributed by atoms with Gasteiger partial charge in [0.05, 0.1) is 29.4 Å². The highest BCUT2D eigenvalue weighted by molar-refractivity contribution is 5.86. The first kappa shape index (κ1) is 40.6. The predicted octanol–water partition coefficient (Wildman–Crippen LogP) is 4.60. The van der Waals surface area contributed by atoms with Gasteiger partial charge in [0.2, 0.25) is 0 Å². The van der Waals surface area contributed by atoms with Crippen LogP contribution in [0.15, 0.2) is 66.7 Å². The molecule has 3 aliphatic rings. The van der Waals surface area contributed by atoms with Crippen LogP contribution in [0, 0.1) is 0 Å². The Labute approximate surface area is 354 Å². The molecule has 3 heterocycles. The third-order valence-electron chi connectivity index (χ3n) is 11.7. The highest BCUT2D eigenvalue weighted by Crippen LogP contribution is 2.57. The van der Waals surface area contributed by atoms with E-state index in [9.17, 15) is 76.6 Å². The molecule has 0 radical (unpaired) electrons. The van der Waals surface area contributed by atoms with Gasteiger partial charge in [-0.05, 0) is 42.0 Å². The fourth-order valence-electron chi connectivity index (χ4n) is 8.66. The lowest BCUT2D eigenvalue weighted by Gasteiger charge is -2.36. The number of hydrogen-bond donors (Lipinski definition) is 15. The van der Waals surface area contributed by atoms with Crippen LogP contribution in [-0.2, 0) is 19.3 Å². The van der Waals surface area contributed by atoms with Gasteiger partial charge in [-0.3, -0.25) is 0 Å². The van der Waals surface area contributed by atoms with E-state index in [1.807, 2.05) is 0 Å². The number of aromatic hydroxyl groups is 12. The van der Waals surface area contributed by atoms with Crippen molar-refractivity contribution >= 4 is 0 Å². The number of rotatable bonds is 5. The molecule has 326 valence electrons. The summed E-state index contributed by atoms with van der Waals surface area (Å²) >= 11 is 0. The van der Waals surface area contributed by atoms with Crippen LogP contribution in [-0.4, -0.2) is 94.9 Å². The molecule has 18 heteroatoms. The Kier molecular flexibility index (Phi) is 9.46. The maximum absolute atomic E-state index is 11.8. The van der Waals surface area contributed by atoms with E-state index in [-0.39, 0.29) is 97.2 Å². The molecule has 0 spiro atoms. The summed E-state index contributed by atoms with van der Waals surface area (Å²) < 4.78 is 18.7. The van der Waals surface area contributed by atoms with Crippen LogP contribution in [0.1, 0.15) is 51.7 Å². The Balaban J connectivity index is 1.20. The summed E-state index contributed by atoms with van der Waals surface area (Å²) in [6, 6.07) is 12.0. The molecule has 6 atom stereocenters. The molecule has 0 amide bonds. The average molecular weight is 867 g/mol. The highest BCUT2D eigenvalue weighted by Gasteiger charge is 2.42. The van der Waals surface area contributed by atoms with Gasteiger partial charge in [-0.2, -0.15) is 0 Å². The molecule has 0 saturated heterocycles. The third-order valence-corrected chi connectivity index (χ3v) is 11.7. The van der Waals surface area contributed by atoms with Crippen LogP contribution in [0.2, 0.25) is 0 Å². The maximum Gasteiger partial charge on any atom is 0.158 e. The quantitative estimate of drug-likeness (QED) is 0.105. The van der Waals surface area contributed by atoms with Crippen molar-refractivity contribution in [2.24, 2.45) is 0 Å². The van der Waals surface area contributed by atoms with Crippen molar-refractivity contribution in [3.05, 3.63) is 100 Å².